The summed E-state index contributed by atoms with van der Waals surface area (Å²) in [6.45, 7) is 8.43. The van der Waals surface area contributed by atoms with Gasteiger partial charge in [0.15, 0.2) is 0 Å². The summed E-state index contributed by atoms with van der Waals surface area (Å²) in [5, 5.41) is 6.51. The Morgan fingerprint density at radius 2 is 1.91 bits per heavy atom. The number of nitrogens with zero attached hydrogens (tertiary/aromatic N) is 1. The third kappa shape index (κ3) is 3.80. The van der Waals surface area contributed by atoms with E-state index in [4.69, 9.17) is 0 Å². The molecule has 1 aromatic carbocycles. The molecule has 0 spiro atoms. The maximum absolute atomic E-state index is 12.4. The molecule has 4 nitrogen and oxygen atoms in total. The van der Waals surface area contributed by atoms with Crippen molar-refractivity contribution in [2.24, 2.45) is 0 Å². The van der Waals surface area contributed by atoms with E-state index in [1.165, 1.54) is 11.1 Å². The smallest absolute Gasteiger partial charge is 0.251 e. The van der Waals surface area contributed by atoms with Crippen molar-refractivity contribution in [1.82, 2.24) is 15.5 Å². The monoisotopic (exact) mass is 323 g/mol. The van der Waals surface area contributed by atoms with Gasteiger partial charge in [-0.1, -0.05) is 6.07 Å². The van der Waals surface area contributed by atoms with Gasteiger partial charge in [-0.3, -0.25) is 4.79 Å². The topological polar surface area (TPSA) is 44.4 Å². The highest BCUT2D eigenvalue weighted by Crippen LogP contribution is 2.18. The lowest BCUT2D eigenvalue weighted by Crippen LogP contribution is -2.46. The van der Waals surface area contributed by atoms with Crippen LogP contribution in [0.2, 0.25) is 0 Å². The van der Waals surface area contributed by atoms with Crippen LogP contribution in [-0.2, 0) is 13.1 Å². The molecule has 0 atom stereocenters. The Kier molecular flexibility index (Phi) is 5.84. The number of rotatable bonds is 3. The minimum atomic E-state index is 0. The fourth-order valence-electron chi connectivity index (χ4n) is 3.26. The number of carbonyl (C=O) groups is 1. The van der Waals surface area contributed by atoms with Crippen LogP contribution in [-0.4, -0.2) is 36.0 Å². The van der Waals surface area contributed by atoms with E-state index in [-0.39, 0.29) is 18.3 Å². The van der Waals surface area contributed by atoms with E-state index in [0.717, 1.165) is 44.6 Å². The molecule has 5 heteroatoms. The van der Waals surface area contributed by atoms with E-state index in [0.29, 0.717) is 12.1 Å². The first-order valence-corrected chi connectivity index (χ1v) is 8.01. The van der Waals surface area contributed by atoms with Crippen molar-refractivity contribution in [1.29, 1.82) is 0 Å². The zero-order valence-electron chi connectivity index (χ0n) is 13.4. The average Bonchev–Trinajstić information content (AvgIpc) is 2.95. The van der Waals surface area contributed by atoms with Crippen molar-refractivity contribution in [2.75, 3.05) is 13.1 Å². The summed E-state index contributed by atoms with van der Waals surface area (Å²) >= 11 is 0. The normalized spacial score (nSPS) is 18.9. The predicted octanol–water partition coefficient (Wildman–Crippen LogP) is 2.31. The first-order chi connectivity index (χ1) is 10.1. The van der Waals surface area contributed by atoms with Gasteiger partial charge in [0.05, 0.1) is 0 Å². The van der Waals surface area contributed by atoms with Gasteiger partial charge in [0, 0.05) is 43.8 Å². The third-order valence-corrected chi connectivity index (χ3v) is 4.69. The minimum Gasteiger partial charge on any atom is -0.349 e. The lowest BCUT2D eigenvalue weighted by molar-refractivity contribution is 0.0900. The van der Waals surface area contributed by atoms with E-state index >= 15 is 0 Å². The SMILES string of the molecule is CC(C)N1CCC(NC(=O)c2ccc3c(c2)CNC3)CC1.Cl. The number of piperidine rings is 1. The van der Waals surface area contributed by atoms with Crippen LogP contribution in [0.1, 0.15) is 48.2 Å². The van der Waals surface area contributed by atoms with Gasteiger partial charge in [-0.15, -0.1) is 12.4 Å². The lowest BCUT2D eigenvalue weighted by atomic mass is 10.0. The summed E-state index contributed by atoms with van der Waals surface area (Å²) in [5.41, 5.74) is 3.37. The minimum absolute atomic E-state index is 0. The van der Waals surface area contributed by atoms with Crippen molar-refractivity contribution in [3.8, 4) is 0 Å². The molecule has 122 valence electrons. The molecule has 1 fully saturated rings. The molecule has 2 N–H and O–H groups in total. The quantitative estimate of drug-likeness (QED) is 0.897. The van der Waals surface area contributed by atoms with E-state index in [2.05, 4.69) is 35.4 Å². The zero-order valence-corrected chi connectivity index (χ0v) is 14.2. The number of carbonyl (C=O) groups excluding carboxylic acids is 1. The van der Waals surface area contributed by atoms with Gasteiger partial charge in [-0.2, -0.15) is 0 Å². The van der Waals surface area contributed by atoms with Crippen LogP contribution in [0.15, 0.2) is 18.2 Å². The second-order valence-corrected chi connectivity index (χ2v) is 6.46. The van der Waals surface area contributed by atoms with Gasteiger partial charge in [-0.25, -0.2) is 0 Å². The van der Waals surface area contributed by atoms with Crippen LogP contribution in [0.5, 0.6) is 0 Å². The van der Waals surface area contributed by atoms with Crippen LogP contribution in [0, 0.1) is 0 Å². The molecule has 0 bridgehead atoms. The zero-order chi connectivity index (χ0) is 14.8. The molecule has 0 saturated carbocycles. The summed E-state index contributed by atoms with van der Waals surface area (Å²) in [4.78, 5) is 14.9. The Hall–Kier alpha value is -1.10. The first kappa shape index (κ1) is 17.3. The number of benzene rings is 1. The molecule has 1 amide bonds. The highest BCUT2D eigenvalue weighted by molar-refractivity contribution is 5.94. The van der Waals surface area contributed by atoms with Gasteiger partial charge >= 0.3 is 0 Å². The highest BCUT2D eigenvalue weighted by atomic mass is 35.5. The Balaban J connectivity index is 0.00000176. The third-order valence-electron chi connectivity index (χ3n) is 4.69. The maximum atomic E-state index is 12.4. The van der Waals surface area contributed by atoms with Crippen molar-refractivity contribution < 1.29 is 4.79 Å². The molecular weight excluding hydrogens is 298 g/mol. The molecule has 0 aromatic heterocycles. The van der Waals surface area contributed by atoms with E-state index in [1.54, 1.807) is 0 Å². The summed E-state index contributed by atoms with van der Waals surface area (Å²) in [7, 11) is 0. The molecule has 0 unspecified atom stereocenters. The van der Waals surface area contributed by atoms with Crippen molar-refractivity contribution in [3.05, 3.63) is 34.9 Å². The van der Waals surface area contributed by atoms with Crippen molar-refractivity contribution in [3.63, 3.8) is 0 Å². The number of hydrogen-bond donors (Lipinski definition) is 2. The van der Waals surface area contributed by atoms with E-state index in [9.17, 15) is 4.79 Å². The van der Waals surface area contributed by atoms with Gasteiger partial charge in [0.25, 0.3) is 5.91 Å². The molecule has 1 aromatic rings. The van der Waals surface area contributed by atoms with Crippen LogP contribution in [0.25, 0.3) is 0 Å². The number of hydrogen-bond acceptors (Lipinski definition) is 3. The van der Waals surface area contributed by atoms with Gasteiger partial charge in [-0.05, 0) is 49.9 Å². The predicted molar refractivity (Wildman–Crippen MR) is 91.4 cm³/mol. The number of likely N-dealkylation sites (tertiary alicyclic amines) is 1. The number of amides is 1. The number of fused-ring (bicyclic) bond motifs is 1. The molecule has 0 radical (unpaired) electrons. The Morgan fingerprint density at radius 3 is 2.59 bits per heavy atom. The van der Waals surface area contributed by atoms with E-state index in [1.807, 2.05) is 12.1 Å². The molecule has 3 rings (SSSR count). The average molecular weight is 324 g/mol. The number of halogens is 1. The second kappa shape index (κ2) is 7.44. The first-order valence-electron chi connectivity index (χ1n) is 8.01. The fraction of sp³-hybridized carbons (Fsp3) is 0.588. The molecular formula is C17H26ClN3O. The van der Waals surface area contributed by atoms with Crippen LogP contribution >= 0.6 is 12.4 Å². The van der Waals surface area contributed by atoms with Gasteiger partial charge in [0.2, 0.25) is 0 Å². The van der Waals surface area contributed by atoms with Gasteiger partial charge < -0.3 is 15.5 Å². The summed E-state index contributed by atoms with van der Waals surface area (Å²) in [6.07, 6.45) is 2.10. The van der Waals surface area contributed by atoms with E-state index < -0.39 is 0 Å². The highest BCUT2D eigenvalue weighted by Gasteiger charge is 2.22. The van der Waals surface area contributed by atoms with Crippen molar-refractivity contribution >= 4 is 18.3 Å². The summed E-state index contributed by atoms with van der Waals surface area (Å²) < 4.78 is 0. The molecule has 2 heterocycles. The van der Waals surface area contributed by atoms with Gasteiger partial charge in [0.1, 0.15) is 0 Å². The Morgan fingerprint density at radius 1 is 1.23 bits per heavy atom. The van der Waals surface area contributed by atoms with Crippen molar-refractivity contribution in [2.45, 2.75) is 51.9 Å². The maximum Gasteiger partial charge on any atom is 0.251 e. The molecule has 0 aliphatic carbocycles. The van der Waals surface area contributed by atoms with Crippen LogP contribution in [0.4, 0.5) is 0 Å². The van der Waals surface area contributed by atoms with Crippen LogP contribution < -0.4 is 10.6 Å². The molecule has 1 saturated heterocycles. The number of nitrogens with one attached hydrogen (secondary N) is 2. The molecule has 22 heavy (non-hydrogen) atoms. The summed E-state index contributed by atoms with van der Waals surface area (Å²) in [6, 6.07) is 6.98. The largest absolute Gasteiger partial charge is 0.349 e. The lowest BCUT2D eigenvalue weighted by Gasteiger charge is -2.34. The summed E-state index contributed by atoms with van der Waals surface area (Å²) in [5.74, 6) is 0.0766. The second-order valence-electron chi connectivity index (χ2n) is 6.46. The molecule has 2 aliphatic heterocycles. The Labute approximate surface area is 139 Å². The Bertz CT molecular complexity index is 525. The van der Waals surface area contributed by atoms with Crippen LogP contribution in [0.3, 0.4) is 0 Å². The molecule has 2 aliphatic rings. The fourth-order valence-corrected chi connectivity index (χ4v) is 3.26. The standard InChI is InChI=1S/C17H25N3O.ClH/c1-12(2)20-7-5-16(6-8-20)19-17(21)13-3-4-14-10-18-11-15(14)9-13;/h3-4,9,12,16,18H,5-8,10-11H2,1-2H3,(H,19,21);1H.